The highest BCUT2D eigenvalue weighted by Gasteiger charge is 2.47. The number of Topliss-reactive ketones (excluding diaryl/α,β-unsaturated/α-hetero) is 1. The summed E-state index contributed by atoms with van der Waals surface area (Å²) < 4.78 is 30.2. The minimum absolute atomic E-state index is 0.0102. The van der Waals surface area contributed by atoms with Crippen molar-refractivity contribution < 1.29 is 33.3 Å². The van der Waals surface area contributed by atoms with Crippen LogP contribution in [-0.4, -0.2) is 75.1 Å². The molecule has 1 fully saturated rings. The monoisotopic (exact) mass is 458 g/mol. The van der Waals surface area contributed by atoms with E-state index in [0.29, 0.717) is 23.6 Å². The van der Waals surface area contributed by atoms with Crippen molar-refractivity contribution in [2.75, 3.05) is 48.5 Å². The molecule has 1 heterocycles. The largest absolute Gasteiger partial charge is 0.507 e. The van der Waals surface area contributed by atoms with Crippen molar-refractivity contribution in [3.63, 3.8) is 0 Å². The number of benzene rings is 2. The lowest BCUT2D eigenvalue weighted by Crippen LogP contribution is -2.35. The van der Waals surface area contributed by atoms with Gasteiger partial charge >= 0.3 is 0 Å². The van der Waals surface area contributed by atoms with Gasteiger partial charge in [-0.15, -0.1) is 0 Å². The third-order valence-corrected chi connectivity index (χ3v) is 5.48. The maximum Gasteiger partial charge on any atom is 0.295 e. The molecular weight excluding hydrogens is 431 g/mol. The van der Waals surface area contributed by atoms with Crippen molar-refractivity contribution in [3.8, 4) is 17.2 Å². The van der Waals surface area contributed by atoms with E-state index in [4.69, 9.17) is 14.2 Å². The predicted octanol–water partition coefficient (Wildman–Crippen LogP) is 2.83. The summed E-state index contributed by atoms with van der Waals surface area (Å²) >= 11 is 0. The van der Waals surface area contributed by atoms with Crippen LogP contribution in [0.1, 0.15) is 17.2 Å². The van der Waals surface area contributed by atoms with E-state index < -0.39 is 29.3 Å². The number of aliphatic hydroxyl groups excluding tert-OH is 1. The third kappa shape index (κ3) is 4.49. The number of halogens is 1. The molecule has 176 valence electrons. The quantitative estimate of drug-likeness (QED) is 0.370. The van der Waals surface area contributed by atoms with Gasteiger partial charge in [-0.05, 0) is 38.4 Å². The number of likely N-dealkylation sites (N-methyl/N-ethyl adjacent to an activating group) is 1. The highest BCUT2D eigenvalue weighted by Crippen LogP contribution is 2.45. The summed E-state index contributed by atoms with van der Waals surface area (Å²) in [6.07, 6.45) is 0. The maximum atomic E-state index is 14.3. The van der Waals surface area contributed by atoms with Crippen LogP contribution in [0, 0.1) is 5.82 Å². The first-order valence-corrected chi connectivity index (χ1v) is 10.2. The number of hydrogen-bond donors (Lipinski definition) is 1. The predicted molar refractivity (Wildman–Crippen MR) is 120 cm³/mol. The lowest BCUT2D eigenvalue weighted by atomic mass is 9.94. The van der Waals surface area contributed by atoms with Gasteiger partial charge in [0.05, 0.1) is 32.9 Å². The van der Waals surface area contributed by atoms with Crippen LogP contribution in [-0.2, 0) is 9.59 Å². The van der Waals surface area contributed by atoms with Crippen molar-refractivity contribution in [3.05, 3.63) is 58.9 Å². The van der Waals surface area contributed by atoms with Crippen molar-refractivity contribution in [2.45, 2.75) is 6.04 Å². The Labute approximate surface area is 191 Å². The fraction of sp³-hybridized carbons (Fsp3) is 0.333. The van der Waals surface area contributed by atoms with Gasteiger partial charge in [-0.3, -0.25) is 9.59 Å². The first-order valence-electron chi connectivity index (χ1n) is 10.2. The lowest BCUT2D eigenvalue weighted by molar-refractivity contribution is -0.140. The van der Waals surface area contributed by atoms with Gasteiger partial charge < -0.3 is 29.1 Å². The lowest BCUT2D eigenvalue weighted by Gasteiger charge is -2.28. The number of carbonyl (C=O) groups excluding carboxylic acids is 2. The molecule has 0 radical (unpaired) electrons. The van der Waals surface area contributed by atoms with Gasteiger partial charge in [0.1, 0.15) is 5.76 Å². The summed E-state index contributed by atoms with van der Waals surface area (Å²) in [5, 5.41) is 11.1. The Balaban J connectivity index is 2.25. The molecule has 0 bridgehead atoms. The van der Waals surface area contributed by atoms with E-state index >= 15 is 0 Å². The van der Waals surface area contributed by atoms with Crippen LogP contribution in [0.3, 0.4) is 0 Å². The number of methoxy groups -OCH3 is 3. The number of nitrogens with zero attached hydrogens (tertiary/aromatic N) is 2. The average molecular weight is 458 g/mol. The second-order valence-electron chi connectivity index (χ2n) is 7.73. The van der Waals surface area contributed by atoms with Crippen LogP contribution in [0.5, 0.6) is 17.2 Å². The van der Waals surface area contributed by atoms with E-state index in [2.05, 4.69) is 0 Å². The van der Waals surface area contributed by atoms with Gasteiger partial charge in [-0.1, -0.05) is 12.1 Å². The molecule has 1 aliphatic heterocycles. The van der Waals surface area contributed by atoms with Crippen LogP contribution < -0.4 is 14.2 Å². The molecule has 33 heavy (non-hydrogen) atoms. The molecule has 1 saturated heterocycles. The van der Waals surface area contributed by atoms with Crippen LogP contribution >= 0.6 is 0 Å². The van der Waals surface area contributed by atoms with E-state index in [1.165, 1.54) is 38.4 Å². The summed E-state index contributed by atoms with van der Waals surface area (Å²) in [6, 6.07) is 7.95. The molecule has 9 heteroatoms. The number of ketones is 1. The van der Waals surface area contributed by atoms with Gasteiger partial charge in [0.2, 0.25) is 0 Å². The zero-order valence-corrected chi connectivity index (χ0v) is 19.2. The number of para-hydroxylation sites is 1. The van der Waals surface area contributed by atoms with E-state index in [0.717, 1.165) is 6.07 Å². The Hall–Kier alpha value is -3.59. The van der Waals surface area contributed by atoms with Gasteiger partial charge in [0.15, 0.2) is 23.1 Å². The molecule has 0 aliphatic carbocycles. The van der Waals surface area contributed by atoms with Crippen molar-refractivity contribution in [1.82, 2.24) is 9.80 Å². The molecule has 2 aromatic rings. The molecule has 1 amide bonds. The number of likely N-dealkylation sites (tertiary alicyclic amines) is 1. The fourth-order valence-corrected chi connectivity index (χ4v) is 3.84. The molecular formula is C24H27FN2O6. The third-order valence-electron chi connectivity index (χ3n) is 5.48. The molecule has 0 unspecified atom stereocenters. The van der Waals surface area contributed by atoms with Crippen LogP contribution in [0.15, 0.2) is 42.0 Å². The van der Waals surface area contributed by atoms with E-state index in [1.807, 2.05) is 19.0 Å². The van der Waals surface area contributed by atoms with E-state index in [-0.39, 0.29) is 23.4 Å². The summed E-state index contributed by atoms with van der Waals surface area (Å²) in [5.41, 5.74) is 0.353. The molecule has 1 aliphatic rings. The number of amides is 1. The van der Waals surface area contributed by atoms with Crippen molar-refractivity contribution >= 4 is 17.4 Å². The maximum absolute atomic E-state index is 14.3. The second-order valence-corrected chi connectivity index (χ2v) is 7.73. The highest BCUT2D eigenvalue weighted by atomic mass is 19.1. The number of aliphatic hydroxyl groups is 1. The average Bonchev–Trinajstić information content (AvgIpc) is 3.06. The number of rotatable bonds is 8. The molecule has 0 aromatic heterocycles. The Bertz CT molecular complexity index is 1100. The number of hydrogen-bond acceptors (Lipinski definition) is 7. The van der Waals surface area contributed by atoms with Crippen LogP contribution in [0.4, 0.5) is 4.39 Å². The normalized spacial score (nSPS) is 17.5. The standard InChI is InChI=1S/C24H27FN2O6/c1-26(2)11-12-27-20(15-7-6-8-18(32-4)23(15)33-5)19(22(29)24(27)30)21(28)14-9-10-17(31-3)16(25)13-14/h6-10,13,20,28H,11-12H2,1-5H3/b21-19+/t20-/m1/s1. The molecule has 1 N–H and O–H groups in total. The molecule has 8 nitrogen and oxygen atoms in total. The molecule has 3 rings (SSSR count). The number of carbonyl (C=O) groups is 2. The minimum Gasteiger partial charge on any atom is -0.507 e. The molecule has 2 aromatic carbocycles. The first kappa shape index (κ1) is 24.1. The van der Waals surface area contributed by atoms with Crippen LogP contribution in [0.25, 0.3) is 5.76 Å². The molecule has 1 atom stereocenters. The zero-order chi connectivity index (χ0) is 24.3. The Morgan fingerprint density at radius 1 is 1.06 bits per heavy atom. The topological polar surface area (TPSA) is 88.5 Å². The highest BCUT2D eigenvalue weighted by molar-refractivity contribution is 6.46. The SMILES string of the molecule is COc1ccc(/C(O)=C2\C(=O)C(=O)N(CCN(C)C)[C@@H]2c2cccc(OC)c2OC)cc1F. The van der Waals surface area contributed by atoms with Gasteiger partial charge in [-0.25, -0.2) is 4.39 Å². The fourth-order valence-electron chi connectivity index (χ4n) is 3.84. The Morgan fingerprint density at radius 3 is 2.33 bits per heavy atom. The summed E-state index contributed by atoms with van der Waals surface area (Å²) in [4.78, 5) is 29.4. The van der Waals surface area contributed by atoms with Gasteiger partial charge in [0.25, 0.3) is 11.7 Å². The van der Waals surface area contributed by atoms with Gasteiger partial charge in [0, 0.05) is 24.2 Å². The van der Waals surface area contributed by atoms with E-state index in [1.54, 1.807) is 18.2 Å². The summed E-state index contributed by atoms with van der Waals surface area (Å²) in [6.45, 7) is 0.698. The van der Waals surface area contributed by atoms with Crippen molar-refractivity contribution in [2.24, 2.45) is 0 Å². The van der Waals surface area contributed by atoms with Gasteiger partial charge in [-0.2, -0.15) is 0 Å². The first-order chi connectivity index (χ1) is 15.7. The van der Waals surface area contributed by atoms with Crippen LogP contribution in [0.2, 0.25) is 0 Å². The zero-order valence-electron chi connectivity index (χ0n) is 19.2. The summed E-state index contributed by atoms with van der Waals surface area (Å²) in [7, 11) is 7.94. The second kappa shape index (κ2) is 9.91. The van der Waals surface area contributed by atoms with E-state index in [9.17, 15) is 19.1 Å². The van der Waals surface area contributed by atoms with Crippen molar-refractivity contribution in [1.29, 1.82) is 0 Å². The number of ether oxygens (including phenoxy) is 3. The Kier molecular flexibility index (Phi) is 7.23. The Morgan fingerprint density at radius 2 is 1.76 bits per heavy atom. The molecule has 0 saturated carbocycles. The molecule has 0 spiro atoms. The summed E-state index contributed by atoms with van der Waals surface area (Å²) in [5.74, 6) is -2.10. The smallest absolute Gasteiger partial charge is 0.295 e. The minimum atomic E-state index is -0.958.